The molecular weight excluding hydrogens is 516 g/mol. The minimum Gasteiger partial charge on any atom is -0.478 e. The van der Waals surface area contributed by atoms with E-state index in [0.29, 0.717) is 28.1 Å². The van der Waals surface area contributed by atoms with Crippen molar-refractivity contribution >= 4 is 23.3 Å². The molecule has 0 aliphatic rings. The highest BCUT2D eigenvalue weighted by Crippen LogP contribution is 2.20. The molecule has 0 atom stereocenters. The van der Waals surface area contributed by atoms with Crippen LogP contribution in [0.1, 0.15) is 65.2 Å². The summed E-state index contributed by atoms with van der Waals surface area (Å²) < 4.78 is 5.39. The number of carboxylic acid groups (broad SMARTS) is 1. The van der Waals surface area contributed by atoms with Gasteiger partial charge in [-0.05, 0) is 110 Å². The topological polar surface area (TPSA) is 136 Å². The molecule has 0 radical (unpaired) electrons. The molecule has 216 valence electrons. The van der Waals surface area contributed by atoms with Crippen LogP contribution in [0.2, 0.25) is 0 Å². The van der Waals surface area contributed by atoms with Crippen molar-refractivity contribution in [1.82, 2.24) is 0 Å². The third-order valence-corrected chi connectivity index (χ3v) is 6.73. The number of hydrogen-bond acceptors (Lipinski definition) is 6. The van der Waals surface area contributed by atoms with Crippen molar-refractivity contribution in [2.75, 3.05) is 11.5 Å². The second-order valence-corrected chi connectivity index (χ2v) is 9.94. The lowest BCUT2D eigenvalue weighted by Gasteiger charge is -2.11. The normalized spacial score (nSPS) is 10.0. The summed E-state index contributed by atoms with van der Waals surface area (Å²) in [5.74, 6) is -1.22. The van der Waals surface area contributed by atoms with Crippen LogP contribution < -0.4 is 11.5 Å². The van der Waals surface area contributed by atoms with Gasteiger partial charge in [0.2, 0.25) is 0 Å². The zero-order chi connectivity index (χ0) is 30.7. The quantitative estimate of drug-likeness (QED) is 0.160. The number of aromatic carboxylic acids is 1. The van der Waals surface area contributed by atoms with Gasteiger partial charge in [0.15, 0.2) is 0 Å². The first-order valence-corrected chi connectivity index (χ1v) is 13.2. The molecule has 0 aliphatic heterocycles. The fourth-order valence-corrected chi connectivity index (χ4v) is 3.91. The Morgan fingerprint density at radius 1 is 0.634 bits per heavy atom. The third kappa shape index (κ3) is 9.51. The fourth-order valence-electron chi connectivity index (χ4n) is 3.91. The first-order chi connectivity index (χ1) is 19.3. The fraction of sp³-hybridized carbons (Fsp3) is 0.235. The number of carboxylic acids is 1. The molecule has 0 spiro atoms. The molecule has 6 N–H and O–H groups in total. The molecule has 0 fully saturated rings. The van der Waals surface area contributed by atoms with Gasteiger partial charge in [0, 0.05) is 11.4 Å². The van der Waals surface area contributed by atoms with Gasteiger partial charge in [0.1, 0.15) is 6.61 Å². The van der Waals surface area contributed by atoms with Gasteiger partial charge in [-0.3, -0.25) is 0 Å². The summed E-state index contributed by atoms with van der Waals surface area (Å²) in [6.45, 7) is 11.7. The molecule has 0 aromatic heterocycles. The van der Waals surface area contributed by atoms with Gasteiger partial charge in [0.05, 0.1) is 17.7 Å². The van der Waals surface area contributed by atoms with E-state index in [2.05, 4.69) is 0 Å². The summed E-state index contributed by atoms with van der Waals surface area (Å²) in [6.07, 6.45) is 0. The summed E-state index contributed by atoms with van der Waals surface area (Å²) >= 11 is 0. The maximum absolute atomic E-state index is 12.2. The Balaban J connectivity index is 0.000000237. The van der Waals surface area contributed by atoms with Crippen LogP contribution in [0.5, 0.6) is 0 Å². The maximum atomic E-state index is 12.2. The van der Waals surface area contributed by atoms with Gasteiger partial charge in [-0.25, -0.2) is 9.59 Å². The van der Waals surface area contributed by atoms with E-state index >= 15 is 0 Å². The Kier molecular flexibility index (Phi) is 12.1. The van der Waals surface area contributed by atoms with E-state index in [1.807, 2.05) is 76.2 Å². The summed E-state index contributed by atoms with van der Waals surface area (Å²) in [7, 11) is 0. The number of nitrogens with two attached hydrogens (primary N) is 2. The summed E-state index contributed by atoms with van der Waals surface area (Å²) in [4.78, 5) is 22.8. The molecule has 4 aromatic rings. The number of rotatable bonds is 5. The minimum absolute atomic E-state index is 0.146. The van der Waals surface area contributed by atoms with E-state index in [4.69, 9.17) is 26.4 Å². The summed E-state index contributed by atoms with van der Waals surface area (Å²) in [5.41, 5.74) is 21.2. The van der Waals surface area contributed by atoms with Crippen molar-refractivity contribution in [3.63, 3.8) is 0 Å². The lowest BCUT2D eigenvalue weighted by Crippen LogP contribution is -2.09. The largest absolute Gasteiger partial charge is 0.478 e. The van der Waals surface area contributed by atoms with Crippen LogP contribution in [0.4, 0.5) is 11.4 Å². The molecule has 0 amide bonds. The number of carbonyl (C=O) groups is 2. The molecule has 0 bridgehead atoms. The van der Waals surface area contributed by atoms with Gasteiger partial charge in [-0.1, -0.05) is 48.5 Å². The van der Waals surface area contributed by atoms with Gasteiger partial charge < -0.3 is 26.4 Å². The van der Waals surface area contributed by atoms with Crippen molar-refractivity contribution in [3.05, 3.63) is 128 Å². The van der Waals surface area contributed by atoms with Crippen LogP contribution in [-0.2, 0) is 18.0 Å². The van der Waals surface area contributed by atoms with Crippen molar-refractivity contribution in [2.24, 2.45) is 0 Å². The second kappa shape index (κ2) is 15.2. The number of ether oxygens (including phenoxy) is 1. The zero-order valence-electron chi connectivity index (χ0n) is 24.6. The van der Waals surface area contributed by atoms with Crippen molar-refractivity contribution in [1.29, 1.82) is 0 Å². The Bertz CT molecular complexity index is 1510. The average Bonchev–Trinajstić information content (AvgIpc) is 2.93. The average molecular weight is 557 g/mol. The number of esters is 1. The standard InChI is InChI=1S/C17H19NO2.C9H11NO2.C8H10O/c1-11-6-4-5-7-14(11)10-20-17(19)15-8-13(3)16(18)9-12(15)2;1-5-4-8(10)6(2)3-7(5)9(11)12;1-7-4-2-3-5-8(7)6-9/h4-9H,10,18H2,1-3H3;3-4H,10H2,1-2H3,(H,11,12);2-5,9H,6H2,1H3. The molecule has 4 aromatic carbocycles. The predicted molar refractivity (Wildman–Crippen MR) is 165 cm³/mol. The van der Waals surface area contributed by atoms with Gasteiger partial charge in [0.25, 0.3) is 0 Å². The molecule has 7 heteroatoms. The molecule has 41 heavy (non-hydrogen) atoms. The van der Waals surface area contributed by atoms with Crippen molar-refractivity contribution in [2.45, 2.75) is 54.8 Å². The number of hydrogen-bond donors (Lipinski definition) is 4. The Morgan fingerprint density at radius 2 is 1.07 bits per heavy atom. The van der Waals surface area contributed by atoms with E-state index < -0.39 is 5.97 Å². The van der Waals surface area contributed by atoms with Crippen LogP contribution >= 0.6 is 0 Å². The molecule has 0 saturated heterocycles. The monoisotopic (exact) mass is 556 g/mol. The van der Waals surface area contributed by atoms with Gasteiger partial charge >= 0.3 is 11.9 Å². The molecule has 0 saturated carbocycles. The number of aliphatic hydroxyl groups is 1. The number of aryl methyl sites for hydroxylation is 6. The van der Waals surface area contributed by atoms with Crippen LogP contribution in [0.3, 0.4) is 0 Å². The highest BCUT2D eigenvalue weighted by atomic mass is 16.5. The lowest BCUT2D eigenvalue weighted by molar-refractivity contribution is 0.0470. The highest BCUT2D eigenvalue weighted by Gasteiger charge is 2.13. The first-order valence-electron chi connectivity index (χ1n) is 13.2. The Morgan fingerprint density at radius 3 is 1.51 bits per heavy atom. The first kappa shape index (κ1) is 32.6. The SMILES string of the molecule is Cc1cc(C(=O)O)c(C)cc1N.Cc1cc(C(=O)OCc2ccccc2C)c(C)cc1N.Cc1ccccc1CO. The summed E-state index contributed by atoms with van der Waals surface area (Å²) in [6, 6.07) is 22.5. The van der Waals surface area contributed by atoms with E-state index in [1.165, 1.54) is 0 Å². The van der Waals surface area contributed by atoms with Crippen LogP contribution in [0.15, 0.2) is 72.8 Å². The zero-order valence-corrected chi connectivity index (χ0v) is 24.6. The van der Waals surface area contributed by atoms with E-state index in [-0.39, 0.29) is 19.2 Å². The molecule has 7 nitrogen and oxygen atoms in total. The van der Waals surface area contributed by atoms with E-state index in [1.54, 1.807) is 38.1 Å². The summed E-state index contributed by atoms with van der Waals surface area (Å²) in [5, 5.41) is 17.5. The molecule has 0 heterocycles. The highest BCUT2D eigenvalue weighted by molar-refractivity contribution is 5.92. The second-order valence-electron chi connectivity index (χ2n) is 9.94. The maximum Gasteiger partial charge on any atom is 0.338 e. The molecule has 4 rings (SSSR count). The number of carbonyl (C=O) groups excluding carboxylic acids is 1. The van der Waals surface area contributed by atoms with Crippen LogP contribution in [-0.4, -0.2) is 22.2 Å². The van der Waals surface area contributed by atoms with E-state index in [9.17, 15) is 9.59 Å². The van der Waals surface area contributed by atoms with Gasteiger partial charge in [-0.2, -0.15) is 0 Å². The van der Waals surface area contributed by atoms with Crippen LogP contribution in [0, 0.1) is 41.5 Å². The predicted octanol–water partition coefficient (Wildman–Crippen LogP) is 6.62. The third-order valence-electron chi connectivity index (χ3n) is 6.73. The molecule has 0 unspecified atom stereocenters. The minimum atomic E-state index is -0.907. The Hall–Kier alpha value is -4.62. The number of aliphatic hydroxyl groups excluding tert-OH is 1. The smallest absolute Gasteiger partial charge is 0.338 e. The van der Waals surface area contributed by atoms with Crippen molar-refractivity contribution in [3.8, 4) is 0 Å². The molecule has 0 aliphatic carbocycles. The number of nitrogen functional groups attached to an aromatic ring is 2. The number of benzene rings is 4. The lowest BCUT2D eigenvalue weighted by atomic mass is 10.0. The molecular formula is C34H40N2O5. The van der Waals surface area contributed by atoms with Gasteiger partial charge in [-0.15, -0.1) is 0 Å². The van der Waals surface area contributed by atoms with E-state index in [0.717, 1.165) is 38.9 Å². The van der Waals surface area contributed by atoms with Crippen LogP contribution in [0.25, 0.3) is 0 Å². The van der Waals surface area contributed by atoms with Crippen molar-refractivity contribution < 1.29 is 24.5 Å². The Labute approximate surface area is 242 Å². The number of anilines is 2.